The lowest BCUT2D eigenvalue weighted by atomic mass is 9.94. The summed E-state index contributed by atoms with van der Waals surface area (Å²) >= 11 is 0. The van der Waals surface area contributed by atoms with Gasteiger partial charge in [-0.2, -0.15) is 0 Å². The van der Waals surface area contributed by atoms with E-state index < -0.39 is 0 Å². The van der Waals surface area contributed by atoms with Crippen LogP contribution in [0.1, 0.15) is 43.9 Å². The van der Waals surface area contributed by atoms with Crippen molar-refractivity contribution in [1.82, 2.24) is 0 Å². The fraction of sp³-hybridized carbons (Fsp3) is 0.350. The first-order valence-corrected chi connectivity index (χ1v) is 8.10. The largest absolute Gasteiger partial charge is 0.323 e. The van der Waals surface area contributed by atoms with Gasteiger partial charge in [0.1, 0.15) is 0 Å². The second kappa shape index (κ2) is 7.42. The molecule has 0 aliphatic heterocycles. The van der Waals surface area contributed by atoms with Crippen molar-refractivity contribution < 1.29 is 4.79 Å². The van der Waals surface area contributed by atoms with Crippen LogP contribution in [-0.4, -0.2) is 13.0 Å². The van der Waals surface area contributed by atoms with Crippen molar-refractivity contribution in [3.05, 3.63) is 65.7 Å². The van der Waals surface area contributed by atoms with Gasteiger partial charge in [-0.3, -0.25) is 4.79 Å². The molecule has 0 aliphatic rings. The molecule has 2 aromatic carbocycles. The molecular weight excluding hydrogens is 284 g/mol. The molecule has 2 rings (SSSR count). The molecule has 0 aliphatic carbocycles. The van der Waals surface area contributed by atoms with Crippen molar-refractivity contribution in [2.45, 2.75) is 32.7 Å². The van der Waals surface area contributed by atoms with E-state index in [9.17, 15) is 4.79 Å². The van der Waals surface area contributed by atoms with Gasteiger partial charge in [0.25, 0.3) is 0 Å². The van der Waals surface area contributed by atoms with Gasteiger partial charge in [-0.15, -0.1) is 0 Å². The molecular formula is C20H26N2O. The van der Waals surface area contributed by atoms with E-state index in [1.807, 2.05) is 49.4 Å². The Morgan fingerprint density at radius 3 is 2.00 bits per heavy atom. The molecule has 122 valence electrons. The zero-order valence-electron chi connectivity index (χ0n) is 14.4. The highest BCUT2D eigenvalue weighted by atomic mass is 16.2. The fourth-order valence-electron chi connectivity index (χ4n) is 2.63. The summed E-state index contributed by atoms with van der Waals surface area (Å²) in [7, 11) is 1.81. The first kappa shape index (κ1) is 17.2. The summed E-state index contributed by atoms with van der Waals surface area (Å²) < 4.78 is 0. The molecule has 0 fully saturated rings. The first-order valence-electron chi connectivity index (χ1n) is 8.10. The van der Waals surface area contributed by atoms with Gasteiger partial charge >= 0.3 is 0 Å². The number of carbonyl (C=O) groups is 1. The predicted molar refractivity (Wildman–Crippen MR) is 96.5 cm³/mol. The van der Waals surface area contributed by atoms with Crippen LogP contribution >= 0.6 is 0 Å². The van der Waals surface area contributed by atoms with Crippen LogP contribution in [0.2, 0.25) is 0 Å². The van der Waals surface area contributed by atoms with Gasteiger partial charge in [0.05, 0.1) is 5.92 Å². The topological polar surface area (TPSA) is 46.3 Å². The number of rotatable bonds is 5. The molecule has 2 atom stereocenters. The van der Waals surface area contributed by atoms with Gasteiger partial charge in [-0.05, 0) is 29.2 Å². The Morgan fingerprint density at radius 1 is 0.913 bits per heavy atom. The van der Waals surface area contributed by atoms with Crippen LogP contribution in [0.5, 0.6) is 0 Å². The molecule has 0 heterocycles. The van der Waals surface area contributed by atoms with Crippen molar-refractivity contribution in [1.29, 1.82) is 0 Å². The molecule has 0 saturated carbocycles. The van der Waals surface area contributed by atoms with Crippen molar-refractivity contribution in [2.75, 3.05) is 11.9 Å². The maximum absolute atomic E-state index is 12.7. The molecule has 2 N–H and O–H groups in total. The van der Waals surface area contributed by atoms with Gasteiger partial charge in [0, 0.05) is 18.8 Å². The highest BCUT2D eigenvalue weighted by molar-refractivity contribution is 5.94. The molecule has 3 nitrogen and oxygen atoms in total. The maximum Gasteiger partial charge on any atom is 0.231 e. The third-order valence-electron chi connectivity index (χ3n) is 4.39. The van der Waals surface area contributed by atoms with Gasteiger partial charge in [-0.1, -0.05) is 63.2 Å². The zero-order chi connectivity index (χ0) is 17.0. The Morgan fingerprint density at radius 2 is 1.48 bits per heavy atom. The third-order valence-corrected chi connectivity index (χ3v) is 4.39. The average Bonchev–Trinajstić information content (AvgIpc) is 2.60. The Bertz CT molecular complexity index is 634. The predicted octanol–water partition coefficient (Wildman–Crippen LogP) is 4.11. The van der Waals surface area contributed by atoms with Gasteiger partial charge in [0.2, 0.25) is 5.91 Å². The van der Waals surface area contributed by atoms with Crippen molar-refractivity contribution in [3.8, 4) is 0 Å². The van der Waals surface area contributed by atoms with E-state index in [0.717, 1.165) is 11.3 Å². The van der Waals surface area contributed by atoms with Crippen LogP contribution in [0.15, 0.2) is 54.6 Å². The van der Waals surface area contributed by atoms with Crippen molar-refractivity contribution in [3.63, 3.8) is 0 Å². The van der Waals surface area contributed by atoms with Gasteiger partial charge < -0.3 is 10.6 Å². The highest BCUT2D eigenvalue weighted by Gasteiger charge is 2.25. The maximum atomic E-state index is 12.7. The fourth-order valence-corrected chi connectivity index (χ4v) is 2.63. The van der Waals surface area contributed by atoms with Gasteiger partial charge in [0.15, 0.2) is 0 Å². The molecule has 23 heavy (non-hydrogen) atoms. The van der Waals surface area contributed by atoms with Crippen LogP contribution in [0.3, 0.4) is 0 Å². The first-order chi connectivity index (χ1) is 10.9. The van der Waals surface area contributed by atoms with E-state index in [1.54, 1.807) is 11.9 Å². The minimum absolute atomic E-state index is 0.0265. The molecule has 0 aromatic heterocycles. The third kappa shape index (κ3) is 3.99. The zero-order valence-corrected chi connectivity index (χ0v) is 14.4. The van der Waals surface area contributed by atoms with Crippen molar-refractivity contribution >= 4 is 11.6 Å². The van der Waals surface area contributed by atoms with E-state index in [2.05, 4.69) is 26.0 Å². The SMILES string of the molecule is CC(C)c1ccc(N(C)C(=O)C(C)C(N)c2ccccc2)cc1. The summed E-state index contributed by atoms with van der Waals surface area (Å²) in [6.45, 7) is 6.20. The lowest BCUT2D eigenvalue weighted by Gasteiger charge is -2.26. The Hall–Kier alpha value is -2.13. The highest BCUT2D eigenvalue weighted by Crippen LogP contribution is 2.24. The quantitative estimate of drug-likeness (QED) is 0.903. The van der Waals surface area contributed by atoms with E-state index in [4.69, 9.17) is 5.73 Å². The lowest BCUT2D eigenvalue weighted by molar-refractivity contribution is -0.122. The number of benzene rings is 2. The summed E-state index contributed by atoms with van der Waals surface area (Å²) in [5, 5.41) is 0. The van der Waals surface area contributed by atoms with Crippen LogP contribution in [-0.2, 0) is 4.79 Å². The Balaban J connectivity index is 2.12. The Kier molecular flexibility index (Phi) is 5.56. The number of nitrogens with two attached hydrogens (primary N) is 1. The molecule has 2 aromatic rings. The minimum Gasteiger partial charge on any atom is -0.323 e. The molecule has 0 saturated heterocycles. The summed E-state index contributed by atoms with van der Waals surface area (Å²) in [6.07, 6.45) is 0. The molecule has 2 unspecified atom stereocenters. The number of nitrogens with zero attached hydrogens (tertiary/aromatic N) is 1. The van der Waals surface area contributed by atoms with Gasteiger partial charge in [-0.25, -0.2) is 0 Å². The number of carbonyl (C=O) groups excluding carboxylic acids is 1. The standard InChI is InChI=1S/C20H26N2O/c1-14(2)16-10-12-18(13-11-16)22(4)20(23)15(3)19(21)17-8-6-5-7-9-17/h5-15,19H,21H2,1-4H3. The summed E-state index contributed by atoms with van der Waals surface area (Å²) in [4.78, 5) is 14.4. The van der Waals surface area contributed by atoms with Crippen LogP contribution in [0.4, 0.5) is 5.69 Å². The van der Waals surface area contributed by atoms with E-state index in [-0.39, 0.29) is 17.9 Å². The van der Waals surface area contributed by atoms with Crippen molar-refractivity contribution in [2.24, 2.45) is 11.7 Å². The lowest BCUT2D eigenvalue weighted by Crippen LogP contribution is -2.37. The summed E-state index contributed by atoms with van der Waals surface area (Å²) in [5.41, 5.74) is 9.42. The number of anilines is 1. The summed E-state index contributed by atoms with van der Waals surface area (Å²) in [5.74, 6) is 0.223. The molecule has 1 amide bonds. The smallest absolute Gasteiger partial charge is 0.231 e. The van der Waals surface area contributed by atoms with E-state index >= 15 is 0 Å². The summed E-state index contributed by atoms with van der Waals surface area (Å²) in [6, 6.07) is 17.6. The second-order valence-electron chi connectivity index (χ2n) is 6.37. The molecule has 0 bridgehead atoms. The number of hydrogen-bond donors (Lipinski definition) is 1. The molecule has 0 spiro atoms. The minimum atomic E-state index is -0.305. The normalized spacial score (nSPS) is 13.7. The van der Waals surface area contributed by atoms with Crippen LogP contribution in [0.25, 0.3) is 0 Å². The van der Waals surface area contributed by atoms with E-state index in [0.29, 0.717) is 5.92 Å². The monoisotopic (exact) mass is 310 g/mol. The van der Waals surface area contributed by atoms with Crippen LogP contribution in [0, 0.1) is 5.92 Å². The second-order valence-corrected chi connectivity index (χ2v) is 6.37. The number of hydrogen-bond acceptors (Lipinski definition) is 2. The Labute approximate surface area is 139 Å². The number of amides is 1. The van der Waals surface area contributed by atoms with E-state index in [1.165, 1.54) is 5.56 Å². The average molecular weight is 310 g/mol. The molecule has 0 radical (unpaired) electrons. The van der Waals surface area contributed by atoms with Crippen LogP contribution < -0.4 is 10.6 Å². The molecule has 3 heteroatoms.